The van der Waals surface area contributed by atoms with Crippen LogP contribution >= 0.6 is 0 Å². The summed E-state index contributed by atoms with van der Waals surface area (Å²) in [5, 5.41) is 12.0. The van der Waals surface area contributed by atoms with Crippen molar-refractivity contribution in [1.29, 1.82) is 0 Å². The summed E-state index contributed by atoms with van der Waals surface area (Å²) < 4.78 is 15.6. The second-order valence-electron chi connectivity index (χ2n) is 3.78. The van der Waals surface area contributed by atoms with E-state index in [1.54, 1.807) is 12.1 Å². The minimum absolute atomic E-state index is 0.120. The number of hydrogen-bond donors (Lipinski definition) is 2. The van der Waals surface area contributed by atoms with Crippen LogP contribution < -0.4 is 19.5 Å². The minimum Gasteiger partial charge on any atom is -0.493 e. The highest BCUT2D eigenvalue weighted by atomic mass is 16.5. The number of carboxylic acids is 1. The molecule has 0 heterocycles. The first-order valence-corrected chi connectivity index (χ1v) is 5.79. The number of carboxylic acid groups (broad SMARTS) is 1. The van der Waals surface area contributed by atoms with Crippen LogP contribution in [0.4, 0.5) is 0 Å². The third-order valence-corrected chi connectivity index (χ3v) is 2.70. The molecule has 0 radical (unpaired) electrons. The van der Waals surface area contributed by atoms with E-state index < -0.39 is 12.0 Å². The summed E-state index contributed by atoms with van der Waals surface area (Å²) in [5.74, 6) is 2.36. The Hall–Kier alpha value is -2.39. The molecule has 108 valence electrons. The van der Waals surface area contributed by atoms with Crippen molar-refractivity contribution in [1.82, 2.24) is 5.32 Å². The van der Waals surface area contributed by atoms with Crippen LogP contribution in [0.15, 0.2) is 12.1 Å². The van der Waals surface area contributed by atoms with Crippen LogP contribution in [0.3, 0.4) is 0 Å². The standard InChI is InChI=1S/C14H17NO5/c1-5-8-15-11(14(16)17)9-6-7-10(18-2)13(20-4)12(9)19-3/h1,6-7,11,15H,8H2,2-4H3,(H,16,17). The fourth-order valence-electron chi connectivity index (χ4n) is 1.84. The van der Waals surface area contributed by atoms with Crippen LogP contribution in [-0.2, 0) is 4.79 Å². The zero-order valence-corrected chi connectivity index (χ0v) is 11.6. The zero-order chi connectivity index (χ0) is 15.1. The summed E-state index contributed by atoms with van der Waals surface area (Å²) in [6.45, 7) is 0.120. The summed E-state index contributed by atoms with van der Waals surface area (Å²) in [5.41, 5.74) is 0.410. The molecular weight excluding hydrogens is 262 g/mol. The number of ether oxygens (including phenoxy) is 3. The Labute approximate surface area is 117 Å². The molecule has 0 saturated carbocycles. The minimum atomic E-state index is -1.06. The van der Waals surface area contributed by atoms with E-state index in [-0.39, 0.29) is 6.54 Å². The molecule has 0 aliphatic carbocycles. The lowest BCUT2D eigenvalue weighted by molar-refractivity contribution is -0.139. The molecule has 0 saturated heterocycles. The van der Waals surface area contributed by atoms with E-state index in [1.165, 1.54) is 21.3 Å². The van der Waals surface area contributed by atoms with Gasteiger partial charge < -0.3 is 19.3 Å². The van der Waals surface area contributed by atoms with Crippen molar-refractivity contribution in [2.75, 3.05) is 27.9 Å². The molecule has 0 bridgehead atoms. The number of nitrogens with one attached hydrogen (secondary N) is 1. The van der Waals surface area contributed by atoms with Crippen LogP contribution in [0.5, 0.6) is 17.2 Å². The smallest absolute Gasteiger partial charge is 0.325 e. The van der Waals surface area contributed by atoms with Gasteiger partial charge in [0.25, 0.3) is 0 Å². The van der Waals surface area contributed by atoms with E-state index in [4.69, 9.17) is 20.6 Å². The number of methoxy groups -OCH3 is 3. The van der Waals surface area contributed by atoms with Crippen molar-refractivity contribution >= 4 is 5.97 Å². The average Bonchev–Trinajstić information content (AvgIpc) is 2.46. The molecule has 1 atom stereocenters. The molecule has 1 aromatic rings. The highest BCUT2D eigenvalue weighted by Crippen LogP contribution is 2.42. The highest BCUT2D eigenvalue weighted by molar-refractivity contribution is 5.78. The van der Waals surface area contributed by atoms with Crippen LogP contribution in [-0.4, -0.2) is 38.9 Å². The molecule has 0 amide bonds. The second-order valence-corrected chi connectivity index (χ2v) is 3.78. The quantitative estimate of drug-likeness (QED) is 0.727. The lowest BCUT2D eigenvalue weighted by Crippen LogP contribution is -2.29. The number of hydrogen-bond acceptors (Lipinski definition) is 5. The van der Waals surface area contributed by atoms with Crippen molar-refractivity contribution < 1.29 is 24.1 Å². The van der Waals surface area contributed by atoms with Crippen molar-refractivity contribution in [2.24, 2.45) is 0 Å². The zero-order valence-electron chi connectivity index (χ0n) is 11.6. The summed E-state index contributed by atoms with van der Waals surface area (Å²) in [7, 11) is 4.37. The van der Waals surface area contributed by atoms with Gasteiger partial charge in [0, 0.05) is 5.56 Å². The van der Waals surface area contributed by atoms with Gasteiger partial charge in [0.15, 0.2) is 11.5 Å². The van der Waals surface area contributed by atoms with Gasteiger partial charge in [0.1, 0.15) is 6.04 Å². The number of rotatable bonds is 7. The van der Waals surface area contributed by atoms with E-state index >= 15 is 0 Å². The Morgan fingerprint density at radius 2 is 1.95 bits per heavy atom. The molecule has 1 aromatic carbocycles. The van der Waals surface area contributed by atoms with Crippen LogP contribution in [0.2, 0.25) is 0 Å². The molecule has 6 nitrogen and oxygen atoms in total. The highest BCUT2D eigenvalue weighted by Gasteiger charge is 2.26. The number of aliphatic carboxylic acids is 1. The first kappa shape index (κ1) is 15.7. The fourth-order valence-corrected chi connectivity index (χ4v) is 1.84. The first-order valence-electron chi connectivity index (χ1n) is 5.79. The molecule has 0 aromatic heterocycles. The molecular formula is C14H17NO5. The topological polar surface area (TPSA) is 77.0 Å². The number of carbonyl (C=O) groups is 1. The number of benzene rings is 1. The van der Waals surface area contributed by atoms with Crippen LogP contribution in [0.1, 0.15) is 11.6 Å². The van der Waals surface area contributed by atoms with E-state index in [9.17, 15) is 9.90 Å². The first-order chi connectivity index (χ1) is 9.60. The molecule has 0 spiro atoms. The molecule has 20 heavy (non-hydrogen) atoms. The maximum atomic E-state index is 11.4. The van der Waals surface area contributed by atoms with Gasteiger partial charge in [-0.25, -0.2) is 0 Å². The second kappa shape index (κ2) is 7.26. The monoisotopic (exact) mass is 279 g/mol. The lowest BCUT2D eigenvalue weighted by atomic mass is 10.0. The summed E-state index contributed by atoms with van der Waals surface area (Å²) in [6.07, 6.45) is 5.15. The fraction of sp³-hybridized carbons (Fsp3) is 0.357. The Bertz CT molecular complexity index is 521. The van der Waals surface area contributed by atoms with Gasteiger partial charge in [-0.3, -0.25) is 10.1 Å². The Morgan fingerprint density at radius 1 is 1.30 bits per heavy atom. The Morgan fingerprint density at radius 3 is 2.40 bits per heavy atom. The van der Waals surface area contributed by atoms with Gasteiger partial charge >= 0.3 is 5.97 Å². The molecule has 0 aliphatic heterocycles. The largest absolute Gasteiger partial charge is 0.493 e. The maximum Gasteiger partial charge on any atom is 0.325 e. The molecule has 0 aliphatic rings. The van der Waals surface area contributed by atoms with Crippen molar-refractivity contribution in [3.8, 4) is 29.6 Å². The number of terminal acetylenes is 1. The van der Waals surface area contributed by atoms with Crippen LogP contribution in [0, 0.1) is 12.3 Å². The molecule has 6 heteroatoms. The van der Waals surface area contributed by atoms with Crippen LogP contribution in [0.25, 0.3) is 0 Å². The van der Waals surface area contributed by atoms with Crippen molar-refractivity contribution in [2.45, 2.75) is 6.04 Å². The Kier molecular flexibility index (Phi) is 5.69. The maximum absolute atomic E-state index is 11.4. The van der Waals surface area contributed by atoms with Gasteiger partial charge in [-0.05, 0) is 12.1 Å². The van der Waals surface area contributed by atoms with E-state index in [1.807, 2.05) is 0 Å². The Balaban J connectivity index is 3.35. The molecule has 1 rings (SSSR count). The van der Waals surface area contributed by atoms with Gasteiger partial charge in [0.05, 0.1) is 27.9 Å². The molecule has 0 fully saturated rings. The predicted molar refractivity (Wildman–Crippen MR) is 73.3 cm³/mol. The molecule has 1 unspecified atom stereocenters. The lowest BCUT2D eigenvalue weighted by Gasteiger charge is -2.20. The summed E-state index contributed by atoms with van der Waals surface area (Å²) in [6, 6.07) is 2.22. The third-order valence-electron chi connectivity index (χ3n) is 2.70. The van der Waals surface area contributed by atoms with Crippen molar-refractivity contribution in [3.05, 3.63) is 17.7 Å². The molecule has 2 N–H and O–H groups in total. The van der Waals surface area contributed by atoms with Gasteiger partial charge in [-0.1, -0.05) is 5.92 Å². The third kappa shape index (κ3) is 3.13. The van der Waals surface area contributed by atoms with Gasteiger partial charge in [0.2, 0.25) is 5.75 Å². The van der Waals surface area contributed by atoms with E-state index in [0.29, 0.717) is 22.8 Å². The van der Waals surface area contributed by atoms with E-state index in [2.05, 4.69) is 11.2 Å². The van der Waals surface area contributed by atoms with Crippen molar-refractivity contribution in [3.63, 3.8) is 0 Å². The van der Waals surface area contributed by atoms with E-state index in [0.717, 1.165) is 0 Å². The summed E-state index contributed by atoms with van der Waals surface area (Å²) in [4.78, 5) is 11.4. The normalized spacial score (nSPS) is 11.3. The SMILES string of the molecule is C#CCNC(C(=O)O)c1ccc(OC)c(OC)c1OC. The average molecular weight is 279 g/mol. The van der Waals surface area contributed by atoms with Gasteiger partial charge in [-0.2, -0.15) is 0 Å². The summed E-state index contributed by atoms with van der Waals surface area (Å²) >= 11 is 0. The van der Waals surface area contributed by atoms with Gasteiger partial charge in [-0.15, -0.1) is 6.42 Å². The predicted octanol–water partition coefficient (Wildman–Crippen LogP) is 1.06.